The van der Waals surface area contributed by atoms with Crippen LogP contribution in [0.15, 0.2) is 146 Å². The SMILES string of the molecule is CC(C)c1cc(-c2ccc(F)cc2)nn2cc(C(=O)N3CCN(C(=O)C(C)(C)O)CC3(C)C)nc12.CC(C)c1cc(-c2ccc(F)cc2)nn2cc(C(=O)N3CCN(C(=O)C(O)C(C)C)CC3(C)C)nc12.CC(C)c1cc(-c2ccc(F)cc2)nn2cc(C(=O)N3CCN(C(=O)[C@H]4CCC(=O)N4)CC3(C)C)nc12.CC(O)C(=O)N1CCN(C(=O)c2cn3nc(-c4ccc(F)cc4)cc(C(C)C)c3n2)C(C)(C)C1. The Hall–Kier alpha value is -13.8. The molecule has 4 aromatic carbocycles. The molecular weight excluding hydrogens is 1820 g/mol. The zero-order chi connectivity index (χ0) is 103. The number of hydrogen-bond donors (Lipinski definition) is 4. The molecule has 2 unspecified atom stereocenters. The Kier molecular flexibility index (Phi) is 30.1. The van der Waals surface area contributed by atoms with Crippen molar-refractivity contribution in [1.82, 2.24) is 103 Å². The highest BCUT2D eigenvalue weighted by Gasteiger charge is 2.47. The van der Waals surface area contributed by atoms with Gasteiger partial charge in [0.1, 0.15) is 69.9 Å². The number of aliphatic hydroxyl groups is 3. The van der Waals surface area contributed by atoms with Gasteiger partial charge in [-0.1, -0.05) is 69.2 Å². The zero-order valence-corrected chi connectivity index (χ0v) is 84.3. The number of carbonyl (C=O) groups is 9. The number of aromatic nitrogens is 12. The third-order valence-electron chi connectivity index (χ3n) is 26.6. The monoisotopic (exact) mass is 1950 g/mol. The van der Waals surface area contributed by atoms with E-state index >= 15 is 0 Å². The molecule has 5 aliphatic rings. The molecule has 752 valence electrons. The molecule has 0 saturated carbocycles. The fraction of sp³-hybridized carbons (Fsp3) is 0.457. The van der Waals surface area contributed by atoms with Gasteiger partial charge in [0.05, 0.1) is 69.7 Å². The van der Waals surface area contributed by atoms with Crippen molar-refractivity contribution in [3.63, 3.8) is 0 Å². The number of halogens is 4. The van der Waals surface area contributed by atoms with Crippen LogP contribution in [0.2, 0.25) is 0 Å². The lowest BCUT2D eigenvalue weighted by atomic mass is 9.96. The van der Waals surface area contributed by atoms with Crippen LogP contribution in [0.3, 0.4) is 0 Å². The highest BCUT2D eigenvalue weighted by atomic mass is 19.1. The Morgan fingerprint density at radius 3 is 0.873 bits per heavy atom. The van der Waals surface area contributed by atoms with Gasteiger partial charge in [-0.15, -0.1) is 0 Å². The van der Waals surface area contributed by atoms with Crippen molar-refractivity contribution >= 4 is 75.8 Å². The van der Waals surface area contributed by atoms with Crippen LogP contribution >= 0.6 is 0 Å². The molecule has 5 fully saturated rings. The number of fused-ring (bicyclic) bond motifs is 4. The molecule has 0 spiro atoms. The first-order valence-corrected chi connectivity index (χ1v) is 48.1. The number of amides is 9. The van der Waals surface area contributed by atoms with E-state index in [-0.39, 0.29) is 129 Å². The van der Waals surface area contributed by atoms with Gasteiger partial charge < -0.3 is 59.8 Å². The maximum absolute atomic E-state index is 13.7. The largest absolute Gasteiger partial charge is 0.384 e. The number of aliphatic hydroxyl groups excluding tert-OH is 2. The molecule has 142 heavy (non-hydrogen) atoms. The average Bonchev–Trinajstić information content (AvgIpc) is 1.65. The zero-order valence-electron chi connectivity index (χ0n) is 84.3. The first-order chi connectivity index (χ1) is 66.7. The fourth-order valence-corrected chi connectivity index (χ4v) is 18.7. The third-order valence-corrected chi connectivity index (χ3v) is 26.6. The molecule has 17 rings (SSSR count). The summed E-state index contributed by atoms with van der Waals surface area (Å²) in [7, 11) is 0. The molecule has 9 amide bonds. The van der Waals surface area contributed by atoms with Crippen molar-refractivity contribution in [3.05, 3.63) is 214 Å². The van der Waals surface area contributed by atoms with Crippen LogP contribution in [0.25, 0.3) is 67.6 Å². The molecule has 5 aliphatic heterocycles. The molecule has 5 saturated heterocycles. The van der Waals surface area contributed by atoms with Crippen LogP contribution in [0.1, 0.15) is 246 Å². The first kappa shape index (κ1) is 104. The van der Waals surface area contributed by atoms with Crippen molar-refractivity contribution in [2.24, 2.45) is 5.92 Å². The van der Waals surface area contributed by atoms with E-state index in [4.69, 9.17) is 0 Å². The predicted octanol–water partition coefficient (Wildman–Crippen LogP) is 13.3. The predicted molar refractivity (Wildman–Crippen MR) is 527 cm³/mol. The highest BCUT2D eigenvalue weighted by Crippen LogP contribution is 2.37. The van der Waals surface area contributed by atoms with Crippen molar-refractivity contribution in [3.8, 4) is 45.0 Å². The minimum atomic E-state index is -1.47. The number of imidazole rings is 4. The molecule has 33 nitrogen and oxygen atoms in total. The van der Waals surface area contributed by atoms with Gasteiger partial charge in [-0.05, 0) is 233 Å². The number of nitrogens with one attached hydrogen (secondary N) is 1. The van der Waals surface area contributed by atoms with Gasteiger partial charge in [-0.3, -0.25) is 43.2 Å². The number of nitrogens with zero attached hydrogens (tertiary/aromatic N) is 20. The summed E-state index contributed by atoms with van der Waals surface area (Å²) in [6.07, 6.45) is 5.25. The Morgan fingerprint density at radius 2 is 0.634 bits per heavy atom. The van der Waals surface area contributed by atoms with Crippen LogP contribution in [0.5, 0.6) is 0 Å². The van der Waals surface area contributed by atoms with Gasteiger partial charge in [-0.2, -0.15) is 20.4 Å². The van der Waals surface area contributed by atoms with Gasteiger partial charge in [0.25, 0.3) is 41.4 Å². The van der Waals surface area contributed by atoms with Crippen molar-refractivity contribution < 1.29 is 76.0 Å². The van der Waals surface area contributed by atoms with Gasteiger partial charge >= 0.3 is 0 Å². The van der Waals surface area contributed by atoms with Crippen LogP contribution in [0, 0.1) is 29.2 Å². The normalized spacial score (nSPS) is 17.4. The van der Waals surface area contributed by atoms with Crippen LogP contribution < -0.4 is 5.32 Å². The summed E-state index contributed by atoms with van der Waals surface area (Å²) < 4.78 is 60.1. The van der Waals surface area contributed by atoms with E-state index in [0.717, 1.165) is 44.5 Å². The molecule has 12 aromatic rings. The minimum absolute atomic E-state index is 0.0992. The van der Waals surface area contributed by atoms with Gasteiger partial charge in [-0.25, -0.2) is 55.6 Å². The number of hydrogen-bond acceptors (Lipinski definition) is 20. The average molecular weight is 1950 g/mol. The van der Waals surface area contributed by atoms with E-state index in [1.807, 2.05) is 135 Å². The summed E-state index contributed by atoms with van der Waals surface area (Å²) in [5.74, 6) is -3.10. The van der Waals surface area contributed by atoms with E-state index in [9.17, 15) is 76.0 Å². The Bertz CT molecular complexity index is 6780. The maximum atomic E-state index is 13.7. The van der Waals surface area contributed by atoms with E-state index < -0.39 is 46.0 Å². The lowest BCUT2D eigenvalue weighted by Crippen LogP contribution is -2.64. The second-order valence-corrected chi connectivity index (χ2v) is 41.8. The summed E-state index contributed by atoms with van der Waals surface area (Å²) >= 11 is 0. The molecule has 37 heteroatoms. The van der Waals surface area contributed by atoms with E-state index in [0.29, 0.717) is 137 Å². The Morgan fingerprint density at radius 1 is 0.380 bits per heavy atom. The van der Waals surface area contributed by atoms with Crippen molar-refractivity contribution in [2.75, 3.05) is 78.5 Å². The number of benzene rings is 4. The van der Waals surface area contributed by atoms with E-state index in [1.165, 1.54) is 69.3 Å². The summed E-state index contributed by atoms with van der Waals surface area (Å²) in [5, 5.41) is 51.3. The summed E-state index contributed by atoms with van der Waals surface area (Å²) in [4.78, 5) is 148. The molecule has 8 aromatic heterocycles. The van der Waals surface area contributed by atoms with Crippen LogP contribution in [-0.4, -0.2) is 291 Å². The van der Waals surface area contributed by atoms with E-state index in [2.05, 4.69) is 45.6 Å². The topological polar surface area (TPSA) is 373 Å². The van der Waals surface area contributed by atoms with Gasteiger partial charge in [0.15, 0.2) is 22.6 Å². The van der Waals surface area contributed by atoms with Crippen LogP contribution in [0.4, 0.5) is 17.6 Å². The number of carbonyl (C=O) groups excluding carboxylic acids is 9. The second kappa shape index (κ2) is 41.0. The smallest absolute Gasteiger partial charge is 0.274 e. The molecule has 0 aliphatic carbocycles. The van der Waals surface area contributed by atoms with Gasteiger partial charge in [0.2, 0.25) is 11.8 Å². The summed E-state index contributed by atoms with van der Waals surface area (Å²) in [6.45, 7) is 43.7. The standard InChI is InChI=1S/C27H31FN6O3.C27H34FN5O3.C26H32FN5O3.C25H30FN5O3/c1-16(2)19-13-21(17-5-7-18(28)8-6-17)31-34-14-22(30-24(19)34)26(37)33-12-11-32(15-27(33,3)4)25(36)20-9-10-23(35)29-20;1-16(2)20-13-21(18-7-9-19(28)10-8-18)30-33-14-22(29-24(20)33)25(35)32-12-11-31(15-27(32,5)6)26(36)23(34)17(3)4;1-16(2)19-13-20(17-7-9-18(27)10-8-17)29-32-14-21(28-22(19)32)23(33)31-12-11-30(15-25(31,3)4)24(34)26(5,6)35;1-15(2)19-12-20(17-6-8-18(26)9-7-17)28-31-13-21(27-22(19)31)24(34)30-11-10-29(14-25(30,4)5)23(33)16(3)32/h5-8,13-14,16,20H,9-12,15H2,1-4H3,(H,29,35);7-10,13-14,16-17,23,34H,11-12,15H2,1-6H3;7-10,13-14,16,35H,11-12,15H2,1-6H3;6-9,12-13,15-16,32H,10-11,14H2,1-5H3/t20-;;;/m1.../s1. The van der Waals surface area contributed by atoms with Gasteiger partial charge in [0, 0.05) is 129 Å². The number of piperazine rings is 4. The Balaban J connectivity index is 0.000000150. The first-order valence-electron chi connectivity index (χ1n) is 48.1. The van der Waals surface area contributed by atoms with E-state index in [1.54, 1.807) is 144 Å². The minimum Gasteiger partial charge on any atom is -0.384 e. The fourth-order valence-electron chi connectivity index (χ4n) is 18.7. The highest BCUT2D eigenvalue weighted by molar-refractivity contribution is 5.97. The molecule has 0 bridgehead atoms. The lowest BCUT2D eigenvalue weighted by Gasteiger charge is -2.47. The molecular formula is C105H127F4N21O12. The Labute approximate surface area is 822 Å². The summed E-state index contributed by atoms with van der Waals surface area (Å²) in [6, 6.07) is 31.8. The summed E-state index contributed by atoms with van der Waals surface area (Å²) in [5.41, 5.74) is 8.93. The van der Waals surface area contributed by atoms with Crippen molar-refractivity contribution in [1.29, 1.82) is 0 Å². The second-order valence-electron chi connectivity index (χ2n) is 41.8. The number of rotatable bonds is 17. The third kappa shape index (κ3) is 22.4. The quantitative estimate of drug-likeness (QED) is 0.0615. The lowest BCUT2D eigenvalue weighted by molar-refractivity contribution is -0.152. The van der Waals surface area contributed by atoms with Crippen molar-refractivity contribution in [2.45, 2.75) is 228 Å². The molecule has 3 atom stereocenters. The molecule has 0 radical (unpaired) electrons. The maximum Gasteiger partial charge on any atom is 0.274 e. The van der Waals surface area contributed by atoms with Crippen LogP contribution in [-0.2, 0) is 24.0 Å². The molecule has 4 N–H and O–H groups in total. The molecule has 13 heterocycles.